The molecule has 1 heterocycles. The van der Waals surface area contributed by atoms with Crippen LogP contribution >= 0.6 is 0 Å². The molecule has 1 aromatic heterocycles. The lowest BCUT2D eigenvalue weighted by molar-refractivity contribution is -0.385. The van der Waals surface area contributed by atoms with Crippen LogP contribution in [0.25, 0.3) is 0 Å². The van der Waals surface area contributed by atoms with Crippen LogP contribution < -0.4 is 10.5 Å². The molecular formula is C14H14N4O3. The molecule has 0 aliphatic rings. The predicted molar refractivity (Wildman–Crippen MR) is 77.8 cm³/mol. The molecule has 7 heteroatoms. The number of hydrogen-bond acceptors (Lipinski definition) is 5. The van der Waals surface area contributed by atoms with Gasteiger partial charge in [-0.05, 0) is 30.2 Å². The maximum absolute atomic E-state index is 11.1. The molecule has 0 saturated heterocycles. The van der Waals surface area contributed by atoms with Crippen molar-refractivity contribution in [2.45, 2.75) is 13.3 Å². The van der Waals surface area contributed by atoms with E-state index in [1.807, 2.05) is 6.92 Å². The number of aromatic nitrogens is 1. The first kappa shape index (κ1) is 14.4. The second-order valence-electron chi connectivity index (χ2n) is 4.28. The lowest BCUT2D eigenvalue weighted by Gasteiger charge is -2.10. The van der Waals surface area contributed by atoms with E-state index in [0.29, 0.717) is 6.42 Å². The summed E-state index contributed by atoms with van der Waals surface area (Å²) in [5.74, 6) is 0.0310. The van der Waals surface area contributed by atoms with E-state index in [2.05, 4.69) is 4.98 Å². The quantitative estimate of drug-likeness (QED) is 0.379. The van der Waals surface area contributed by atoms with E-state index < -0.39 is 4.92 Å². The zero-order chi connectivity index (χ0) is 15.4. The molecule has 1 aromatic carbocycles. The van der Waals surface area contributed by atoms with E-state index in [1.165, 1.54) is 18.3 Å². The molecule has 0 unspecified atom stereocenters. The van der Waals surface area contributed by atoms with Crippen molar-refractivity contribution in [3.8, 4) is 11.5 Å². The lowest BCUT2D eigenvalue weighted by Crippen LogP contribution is -2.14. The zero-order valence-electron chi connectivity index (χ0n) is 11.4. The number of hydrogen-bond donors (Lipinski definition) is 2. The van der Waals surface area contributed by atoms with Gasteiger partial charge in [0.1, 0.15) is 11.5 Å². The highest BCUT2D eigenvalue weighted by molar-refractivity contribution is 5.95. The van der Waals surface area contributed by atoms with Gasteiger partial charge in [0, 0.05) is 12.3 Å². The molecule has 0 spiro atoms. The number of ether oxygens (including phenoxy) is 1. The molecule has 0 amide bonds. The molecule has 7 nitrogen and oxygen atoms in total. The predicted octanol–water partition coefficient (Wildman–Crippen LogP) is 2.63. The monoisotopic (exact) mass is 286 g/mol. The van der Waals surface area contributed by atoms with Crippen LogP contribution in [0.15, 0.2) is 36.5 Å². The standard InChI is InChI=1S/C14H14N4O3/c1-2-9-5-6-11(10(8-9)18(19)20)21-12-4-3-7-17-13(12)14(15)16/h3-8H,2H2,1H3,(H3,15,16). The van der Waals surface area contributed by atoms with Gasteiger partial charge < -0.3 is 10.5 Å². The number of nitro benzene ring substituents is 1. The molecule has 0 aliphatic heterocycles. The first-order valence-corrected chi connectivity index (χ1v) is 6.27. The number of aryl methyl sites for hydroxylation is 1. The first-order chi connectivity index (χ1) is 10.0. The van der Waals surface area contributed by atoms with Crippen LogP contribution in [0.1, 0.15) is 18.2 Å². The van der Waals surface area contributed by atoms with Gasteiger partial charge >= 0.3 is 5.69 Å². The highest BCUT2D eigenvalue weighted by Gasteiger charge is 2.18. The molecule has 2 aromatic rings. The minimum Gasteiger partial charge on any atom is -0.448 e. The summed E-state index contributed by atoms with van der Waals surface area (Å²) in [5.41, 5.74) is 6.27. The molecule has 0 saturated carbocycles. The molecule has 0 radical (unpaired) electrons. The number of amidine groups is 1. The molecule has 0 bridgehead atoms. The van der Waals surface area contributed by atoms with Gasteiger partial charge in [0.05, 0.1) is 4.92 Å². The van der Waals surface area contributed by atoms with Crippen molar-refractivity contribution >= 4 is 11.5 Å². The van der Waals surface area contributed by atoms with Crippen molar-refractivity contribution in [3.63, 3.8) is 0 Å². The average Bonchev–Trinajstić information content (AvgIpc) is 2.47. The SMILES string of the molecule is CCc1ccc(Oc2cccnc2C(=N)N)c([N+](=O)[O-])c1. The van der Waals surface area contributed by atoms with Crippen LogP contribution in [0.4, 0.5) is 5.69 Å². The molecule has 3 N–H and O–H groups in total. The molecule has 0 aliphatic carbocycles. The maximum Gasteiger partial charge on any atom is 0.311 e. The summed E-state index contributed by atoms with van der Waals surface area (Å²) in [6, 6.07) is 7.92. The van der Waals surface area contributed by atoms with Gasteiger partial charge in [-0.1, -0.05) is 13.0 Å². The molecule has 0 fully saturated rings. The summed E-state index contributed by atoms with van der Waals surface area (Å²) in [5, 5.41) is 18.6. The van der Waals surface area contributed by atoms with E-state index in [0.717, 1.165) is 5.56 Å². The van der Waals surface area contributed by atoms with Crippen molar-refractivity contribution in [3.05, 3.63) is 57.9 Å². The number of nitrogens with zero attached hydrogens (tertiary/aromatic N) is 2. The Morgan fingerprint density at radius 2 is 2.19 bits per heavy atom. The average molecular weight is 286 g/mol. The molecular weight excluding hydrogens is 272 g/mol. The number of rotatable bonds is 5. The van der Waals surface area contributed by atoms with E-state index in [4.69, 9.17) is 15.9 Å². The van der Waals surface area contributed by atoms with Crippen molar-refractivity contribution in [2.75, 3.05) is 0 Å². The minimum absolute atomic E-state index is 0.0905. The van der Waals surface area contributed by atoms with Crippen LogP contribution in [0.5, 0.6) is 11.5 Å². The van der Waals surface area contributed by atoms with Gasteiger partial charge in [-0.3, -0.25) is 15.5 Å². The molecule has 108 valence electrons. The third-order valence-corrected chi connectivity index (χ3v) is 2.87. The fraction of sp³-hybridized carbons (Fsp3) is 0.143. The van der Waals surface area contributed by atoms with Crippen LogP contribution in [0.3, 0.4) is 0 Å². The largest absolute Gasteiger partial charge is 0.448 e. The van der Waals surface area contributed by atoms with Gasteiger partial charge in [0.25, 0.3) is 0 Å². The van der Waals surface area contributed by atoms with Crippen LogP contribution in [0.2, 0.25) is 0 Å². The summed E-state index contributed by atoms with van der Waals surface area (Å²) >= 11 is 0. The topological polar surface area (TPSA) is 115 Å². The van der Waals surface area contributed by atoms with Gasteiger partial charge in [0.2, 0.25) is 5.75 Å². The van der Waals surface area contributed by atoms with Gasteiger partial charge in [-0.25, -0.2) is 4.98 Å². The van der Waals surface area contributed by atoms with Crippen molar-refractivity contribution < 1.29 is 9.66 Å². The highest BCUT2D eigenvalue weighted by atomic mass is 16.6. The Kier molecular flexibility index (Phi) is 4.13. The fourth-order valence-corrected chi connectivity index (χ4v) is 1.81. The number of nitrogen functional groups attached to an aromatic ring is 1. The summed E-state index contributed by atoms with van der Waals surface area (Å²) in [6.45, 7) is 1.91. The zero-order valence-corrected chi connectivity index (χ0v) is 11.4. The maximum atomic E-state index is 11.1. The second kappa shape index (κ2) is 6.00. The van der Waals surface area contributed by atoms with E-state index in [-0.39, 0.29) is 28.7 Å². The Balaban J connectivity index is 2.45. The van der Waals surface area contributed by atoms with E-state index in [1.54, 1.807) is 18.2 Å². The van der Waals surface area contributed by atoms with Crippen LogP contribution in [0, 0.1) is 15.5 Å². The van der Waals surface area contributed by atoms with Crippen molar-refractivity contribution in [1.82, 2.24) is 4.98 Å². The van der Waals surface area contributed by atoms with Crippen LogP contribution in [-0.4, -0.2) is 15.7 Å². The normalized spacial score (nSPS) is 10.1. The second-order valence-corrected chi connectivity index (χ2v) is 4.28. The number of nitro groups is 1. The lowest BCUT2D eigenvalue weighted by atomic mass is 10.1. The number of nitrogens with two attached hydrogens (primary N) is 1. The smallest absolute Gasteiger partial charge is 0.311 e. The Bertz CT molecular complexity index is 700. The number of pyridine rings is 1. The summed E-state index contributed by atoms with van der Waals surface area (Å²) in [7, 11) is 0. The number of benzene rings is 1. The molecule has 21 heavy (non-hydrogen) atoms. The Morgan fingerprint density at radius 3 is 2.81 bits per heavy atom. The number of nitrogens with one attached hydrogen (secondary N) is 1. The third-order valence-electron chi connectivity index (χ3n) is 2.87. The highest BCUT2D eigenvalue weighted by Crippen LogP contribution is 2.33. The Morgan fingerprint density at radius 1 is 1.43 bits per heavy atom. The Hall–Kier alpha value is -2.96. The van der Waals surface area contributed by atoms with Gasteiger partial charge in [0.15, 0.2) is 5.75 Å². The minimum atomic E-state index is -0.502. The molecule has 2 rings (SSSR count). The van der Waals surface area contributed by atoms with Crippen LogP contribution in [-0.2, 0) is 6.42 Å². The van der Waals surface area contributed by atoms with Gasteiger partial charge in [-0.2, -0.15) is 0 Å². The Labute approximate surface area is 121 Å². The van der Waals surface area contributed by atoms with E-state index in [9.17, 15) is 10.1 Å². The van der Waals surface area contributed by atoms with Gasteiger partial charge in [-0.15, -0.1) is 0 Å². The third kappa shape index (κ3) is 3.14. The van der Waals surface area contributed by atoms with E-state index >= 15 is 0 Å². The molecule has 0 atom stereocenters. The summed E-state index contributed by atoms with van der Waals surface area (Å²) < 4.78 is 5.54. The fourth-order valence-electron chi connectivity index (χ4n) is 1.81. The van der Waals surface area contributed by atoms with Crippen molar-refractivity contribution in [2.24, 2.45) is 5.73 Å². The first-order valence-electron chi connectivity index (χ1n) is 6.27. The van der Waals surface area contributed by atoms with Crippen molar-refractivity contribution in [1.29, 1.82) is 5.41 Å². The summed E-state index contributed by atoms with van der Waals surface area (Å²) in [6.07, 6.45) is 2.16. The summed E-state index contributed by atoms with van der Waals surface area (Å²) in [4.78, 5) is 14.6.